The first-order chi connectivity index (χ1) is 9.30. The molecule has 2 rings (SSSR count). The van der Waals surface area contributed by atoms with Crippen LogP contribution in [0, 0.1) is 11.2 Å². The number of benzene rings is 1. The van der Waals surface area contributed by atoms with Crippen molar-refractivity contribution in [2.24, 2.45) is 5.41 Å². The van der Waals surface area contributed by atoms with E-state index in [0.717, 1.165) is 31.2 Å². The Hall–Kier alpha value is -0.930. The molecule has 1 aliphatic carbocycles. The molecule has 1 aliphatic rings. The molecule has 0 heterocycles. The van der Waals surface area contributed by atoms with Gasteiger partial charge in [-0.1, -0.05) is 26.0 Å². The number of hydrogen-bond acceptors (Lipinski definition) is 2. The third-order valence-corrected chi connectivity index (χ3v) is 4.64. The zero-order valence-electron chi connectivity index (χ0n) is 12.7. The first-order valence-corrected chi connectivity index (χ1v) is 7.51. The quantitative estimate of drug-likeness (QED) is 0.878. The summed E-state index contributed by atoms with van der Waals surface area (Å²) in [6.45, 7) is 7.17. The first kappa shape index (κ1) is 15.5. The van der Waals surface area contributed by atoms with Crippen molar-refractivity contribution in [2.45, 2.75) is 58.1 Å². The second-order valence-electron chi connectivity index (χ2n) is 7.04. The highest BCUT2D eigenvalue weighted by Gasteiger charge is 2.36. The number of hydrogen-bond donors (Lipinski definition) is 2. The van der Waals surface area contributed by atoms with Gasteiger partial charge in [0.2, 0.25) is 0 Å². The van der Waals surface area contributed by atoms with E-state index in [1.807, 2.05) is 6.92 Å². The Morgan fingerprint density at radius 3 is 2.25 bits per heavy atom. The van der Waals surface area contributed by atoms with Crippen LogP contribution in [-0.2, 0) is 0 Å². The molecule has 1 aromatic rings. The third kappa shape index (κ3) is 4.03. The molecular weight excluding hydrogens is 253 g/mol. The molecule has 1 saturated carbocycles. The van der Waals surface area contributed by atoms with Gasteiger partial charge in [-0.2, -0.15) is 0 Å². The van der Waals surface area contributed by atoms with Crippen molar-refractivity contribution in [2.75, 3.05) is 6.54 Å². The molecule has 0 bridgehead atoms. The van der Waals surface area contributed by atoms with Crippen LogP contribution in [0.2, 0.25) is 0 Å². The summed E-state index contributed by atoms with van der Waals surface area (Å²) in [5.41, 5.74) is 0.810. The standard InChI is InChI=1S/C17H26FNO/c1-13(14-4-6-15(18)7-5-14)19-12-17(20)10-8-16(2,3)9-11-17/h4-7,13,19-20H,8-12H2,1-3H3. The maximum Gasteiger partial charge on any atom is 0.123 e. The molecule has 2 N–H and O–H groups in total. The van der Waals surface area contributed by atoms with E-state index in [0.29, 0.717) is 12.0 Å². The fourth-order valence-corrected chi connectivity index (χ4v) is 2.78. The van der Waals surface area contributed by atoms with Gasteiger partial charge in [0, 0.05) is 12.6 Å². The Kier molecular flexibility index (Phi) is 4.50. The van der Waals surface area contributed by atoms with Crippen LogP contribution in [0.5, 0.6) is 0 Å². The van der Waals surface area contributed by atoms with Gasteiger partial charge in [-0.05, 0) is 55.7 Å². The van der Waals surface area contributed by atoms with Crippen LogP contribution >= 0.6 is 0 Å². The fraction of sp³-hybridized carbons (Fsp3) is 0.647. The smallest absolute Gasteiger partial charge is 0.123 e. The van der Waals surface area contributed by atoms with Crippen molar-refractivity contribution in [3.8, 4) is 0 Å². The lowest BCUT2D eigenvalue weighted by Gasteiger charge is -2.40. The summed E-state index contributed by atoms with van der Waals surface area (Å²) >= 11 is 0. The van der Waals surface area contributed by atoms with Crippen LogP contribution < -0.4 is 5.32 Å². The summed E-state index contributed by atoms with van der Waals surface area (Å²) in [6.07, 6.45) is 3.83. The largest absolute Gasteiger partial charge is 0.389 e. The number of nitrogens with one attached hydrogen (secondary N) is 1. The van der Waals surface area contributed by atoms with Crippen molar-refractivity contribution in [3.63, 3.8) is 0 Å². The van der Waals surface area contributed by atoms with Crippen LogP contribution in [0.4, 0.5) is 4.39 Å². The Balaban J connectivity index is 1.87. The highest BCUT2D eigenvalue weighted by molar-refractivity contribution is 5.19. The Morgan fingerprint density at radius 2 is 1.70 bits per heavy atom. The van der Waals surface area contributed by atoms with Crippen molar-refractivity contribution >= 4 is 0 Å². The lowest BCUT2D eigenvalue weighted by atomic mass is 9.71. The third-order valence-electron chi connectivity index (χ3n) is 4.64. The molecule has 1 aromatic carbocycles. The molecule has 0 aromatic heterocycles. The van der Waals surface area contributed by atoms with Crippen molar-refractivity contribution in [3.05, 3.63) is 35.6 Å². The zero-order valence-corrected chi connectivity index (χ0v) is 12.7. The Labute approximate surface area is 121 Å². The molecule has 1 atom stereocenters. The minimum Gasteiger partial charge on any atom is -0.389 e. The van der Waals surface area contributed by atoms with Gasteiger partial charge < -0.3 is 10.4 Å². The molecule has 0 saturated heterocycles. The van der Waals surface area contributed by atoms with Gasteiger partial charge in [-0.25, -0.2) is 4.39 Å². The Bertz CT molecular complexity index is 431. The molecule has 0 spiro atoms. The maximum absolute atomic E-state index is 12.9. The summed E-state index contributed by atoms with van der Waals surface area (Å²) < 4.78 is 12.9. The molecule has 0 radical (unpaired) electrons. The molecule has 0 aliphatic heterocycles. The molecule has 0 amide bonds. The summed E-state index contributed by atoms with van der Waals surface area (Å²) in [5.74, 6) is -0.214. The van der Waals surface area contributed by atoms with Gasteiger partial charge in [0.05, 0.1) is 5.60 Å². The van der Waals surface area contributed by atoms with E-state index in [2.05, 4.69) is 19.2 Å². The highest BCUT2D eigenvalue weighted by Crippen LogP contribution is 2.40. The second kappa shape index (κ2) is 5.82. The first-order valence-electron chi connectivity index (χ1n) is 7.51. The van der Waals surface area contributed by atoms with Gasteiger partial charge in [0.1, 0.15) is 5.82 Å². The molecule has 3 heteroatoms. The monoisotopic (exact) mass is 279 g/mol. The minimum absolute atomic E-state index is 0.120. The predicted molar refractivity (Wildman–Crippen MR) is 80.0 cm³/mol. The molecule has 1 fully saturated rings. The van der Waals surface area contributed by atoms with E-state index in [-0.39, 0.29) is 11.9 Å². The minimum atomic E-state index is -0.593. The predicted octanol–water partition coefficient (Wildman–Crippen LogP) is 3.81. The average molecular weight is 279 g/mol. The van der Waals surface area contributed by atoms with Gasteiger partial charge in [-0.3, -0.25) is 0 Å². The molecular formula is C17H26FNO. The van der Waals surface area contributed by atoms with Crippen LogP contribution in [0.25, 0.3) is 0 Å². The highest BCUT2D eigenvalue weighted by atomic mass is 19.1. The van der Waals surface area contributed by atoms with Crippen molar-refractivity contribution < 1.29 is 9.50 Å². The van der Waals surface area contributed by atoms with Gasteiger partial charge in [0.15, 0.2) is 0 Å². The number of rotatable bonds is 4. The van der Waals surface area contributed by atoms with Gasteiger partial charge in [0.25, 0.3) is 0 Å². The van der Waals surface area contributed by atoms with Gasteiger partial charge >= 0.3 is 0 Å². The van der Waals surface area contributed by atoms with Gasteiger partial charge in [-0.15, -0.1) is 0 Å². The fourth-order valence-electron chi connectivity index (χ4n) is 2.78. The second-order valence-corrected chi connectivity index (χ2v) is 7.04. The van der Waals surface area contributed by atoms with E-state index < -0.39 is 5.60 Å². The molecule has 2 nitrogen and oxygen atoms in total. The van der Waals surface area contributed by atoms with Crippen molar-refractivity contribution in [1.29, 1.82) is 0 Å². The van der Waals surface area contributed by atoms with Crippen LogP contribution in [-0.4, -0.2) is 17.3 Å². The van der Waals surface area contributed by atoms with E-state index in [1.165, 1.54) is 12.1 Å². The van der Waals surface area contributed by atoms with E-state index in [4.69, 9.17) is 0 Å². The van der Waals surface area contributed by atoms with Crippen LogP contribution in [0.15, 0.2) is 24.3 Å². The maximum atomic E-state index is 12.9. The normalized spacial score (nSPS) is 22.4. The summed E-state index contributed by atoms with van der Waals surface area (Å²) in [4.78, 5) is 0. The SMILES string of the molecule is CC(NCC1(O)CCC(C)(C)CC1)c1ccc(F)cc1. The zero-order chi connectivity index (χ0) is 14.8. The topological polar surface area (TPSA) is 32.3 Å². The summed E-state index contributed by atoms with van der Waals surface area (Å²) in [5, 5.41) is 14.0. The van der Waals surface area contributed by atoms with E-state index >= 15 is 0 Å². The lowest BCUT2D eigenvalue weighted by Crippen LogP contribution is -2.45. The Morgan fingerprint density at radius 1 is 1.15 bits per heavy atom. The molecule has 1 unspecified atom stereocenters. The molecule has 20 heavy (non-hydrogen) atoms. The van der Waals surface area contributed by atoms with Crippen molar-refractivity contribution in [1.82, 2.24) is 5.32 Å². The number of halogens is 1. The van der Waals surface area contributed by atoms with E-state index in [1.54, 1.807) is 12.1 Å². The molecule has 112 valence electrons. The summed E-state index contributed by atoms with van der Waals surface area (Å²) in [6, 6.07) is 6.66. The van der Waals surface area contributed by atoms with Crippen LogP contribution in [0.1, 0.15) is 58.1 Å². The summed E-state index contributed by atoms with van der Waals surface area (Å²) in [7, 11) is 0. The van der Waals surface area contributed by atoms with E-state index in [9.17, 15) is 9.50 Å². The number of aliphatic hydroxyl groups is 1. The average Bonchev–Trinajstić information content (AvgIpc) is 2.41. The lowest BCUT2D eigenvalue weighted by molar-refractivity contribution is -0.0258. The van der Waals surface area contributed by atoms with Crippen LogP contribution in [0.3, 0.4) is 0 Å².